The Morgan fingerprint density at radius 2 is 2.05 bits per heavy atom. The minimum absolute atomic E-state index is 0.165. The normalized spacial score (nSPS) is 20.1. The number of carbonyl (C=O) groups is 1. The maximum Gasteiger partial charge on any atom is 0.248 e. The number of benzene rings is 1. The van der Waals surface area contributed by atoms with Crippen LogP contribution in [0.1, 0.15) is 37.2 Å². The van der Waals surface area contributed by atoms with Crippen LogP contribution in [0, 0.1) is 17.2 Å². The van der Waals surface area contributed by atoms with Gasteiger partial charge in [-0.15, -0.1) is 0 Å². The zero-order valence-electron chi connectivity index (χ0n) is 10.8. The van der Waals surface area contributed by atoms with Gasteiger partial charge in [-0.25, -0.2) is 8.78 Å². The van der Waals surface area contributed by atoms with Crippen LogP contribution in [-0.2, 0) is 4.79 Å². The average Bonchev–Trinajstić information content (AvgIpc) is 2.39. The summed E-state index contributed by atoms with van der Waals surface area (Å²) in [5, 5.41) is 9.24. The molecule has 5 heteroatoms. The Kier molecular flexibility index (Phi) is 4.54. The number of rotatable bonds is 3. The van der Waals surface area contributed by atoms with E-state index in [9.17, 15) is 18.8 Å². The third kappa shape index (κ3) is 3.43. The predicted octanol–water partition coefficient (Wildman–Crippen LogP) is 4.45. The number of hydrogen-bond donors (Lipinski definition) is 0. The molecule has 2 rings (SSSR count). The number of ketones is 1. The number of alkyl halides is 2. The van der Waals surface area contributed by atoms with Crippen LogP contribution in [0.15, 0.2) is 28.7 Å². The van der Waals surface area contributed by atoms with Gasteiger partial charge in [-0.1, -0.05) is 28.1 Å². The third-order valence-electron chi connectivity index (χ3n) is 3.72. The van der Waals surface area contributed by atoms with Crippen molar-refractivity contribution < 1.29 is 13.6 Å². The second kappa shape index (κ2) is 6.01. The molecule has 1 saturated carbocycles. The van der Waals surface area contributed by atoms with Gasteiger partial charge in [0.05, 0.1) is 6.07 Å². The molecule has 0 saturated heterocycles. The van der Waals surface area contributed by atoms with E-state index in [1.165, 1.54) is 0 Å². The van der Waals surface area contributed by atoms with Gasteiger partial charge in [0.2, 0.25) is 5.92 Å². The molecule has 0 amide bonds. The zero-order valence-corrected chi connectivity index (χ0v) is 12.4. The fourth-order valence-electron chi connectivity index (χ4n) is 2.55. The highest BCUT2D eigenvalue weighted by Gasteiger charge is 2.39. The van der Waals surface area contributed by atoms with Gasteiger partial charge in [0, 0.05) is 23.2 Å². The molecule has 0 aliphatic heterocycles. The fourth-order valence-corrected chi connectivity index (χ4v) is 2.97. The summed E-state index contributed by atoms with van der Waals surface area (Å²) in [4.78, 5) is 12.4. The Bertz CT molecular complexity index is 543. The van der Waals surface area contributed by atoms with Crippen LogP contribution >= 0.6 is 15.9 Å². The van der Waals surface area contributed by atoms with E-state index in [0.29, 0.717) is 5.56 Å². The summed E-state index contributed by atoms with van der Waals surface area (Å²) in [6.07, 6.45) is -0.198. The first kappa shape index (κ1) is 15.1. The number of nitriles is 1. The summed E-state index contributed by atoms with van der Waals surface area (Å²) in [6.45, 7) is 0. The lowest BCUT2D eigenvalue weighted by Crippen LogP contribution is -2.31. The zero-order chi connectivity index (χ0) is 14.8. The molecule has 1 fully saturated rings. The standard InChI is InChI=1S/C15H14BrF2NO/c16-12-3-1-2-11(8-12)13(9-19)14(20)10-4-6-15(17,18)7-5-10/h1-3,8,10,13H,4-7H2. The largest absolute Gasteiger partial charge is 0.298 e. The van der Waals surface area contributed by atoms with Crippen molar-refractivity contribution in [2.45, 2.75) is 37.5 Å². The van der Waals surface area contributed by atoms with E-state index < -0.39 is 17.8 Å². The molecule has 20 heavy (non-hydrogen) atoms. The molecule has 0 N–H and O–H groups in total. The lowest BCUT2D eigenvalue weighted by atomic mass is 9.79. The van der Waals surface area contributed by atoms with Gasteiger partial charge in [-0.2, -0.15) is 5.26 Å². The molecule has 106 valence electrons. The van der Waals surface area contributed by atoms with E-state index in [1.807, 2.05) is 12.1 Å². The smallest absolute Gasteiger partial charge is 0.248 e. The topological polar surface area (TPSA) is 40.9 Å². The summed E-state index contributed by atoms with van der Waals surface area (Å²) >= 11 is 3.30. The van der Waals surface area contributed by atoms with E-state index >= 15 is 0 Å². The van der Waals surface area contributed by atoms with Crippen molar-refractivity contribution in [1.29, 1.82) is 5.26 Å². The Morgan fingerprint density at radius 3 is 2.60 bits per heavy atom. The highest BCUT2D eigenvalue weighted by atomic mass is 79.9. The molecule has 1 aliphatic carbocycles. The van der Waals surface area contributed by atoms with Crippen LogP contribution in [0.5, 0.6) is 0 Å². The van der Waals surface area contributed by atoms with Crippen molar-refractivity contribution in [3.63, 3.8) is 0 Å². The molecule has 0 radical (unpaired) electrons. The number of nitrogens with zero attached hydrogens (tertiary/aromatic N) is 1. The fraction of sp³-hybridized carbons (Fsp3) is 0.467. The van der Waals surface area contributed by atoms with Crippen LogP contribution in [0.2, 0.25) is 0 Å². The Morgan fingerprint density at radius 1 is 1.40 bits per heavy atom. The van der Waals surface area contributed by atoms with Crippen LogP contribution in [-0.4, -0.2) is 11.7 Å². The first-order valence-electron chi connectivity index (χ1n) is 6.49. The van der Waals surface area contributed by atoms with Crippen LogP contribution < -0.4 is 0 Å². The van der Waals surface area contributed by atoms with Gasteiger partial charge in [-0.05, 0) is 30.5 Å². The third-order valence-corrected chi connectivity index (χ3v) is 4.21. The van der Waals surface area contributed by atoms with Crippen molar-refractivity contribution in [1.82, 2.24) is 0 Å². The van der Waals surface area contributed by atoms with Gasteiger partial charge < -0.3 is 0 Å². The second-order valence-electron chi connectivity index (χ2n) is 5.15. The lowest BCUT2D eigenvalue weighted by molar-refractivity contribution is -0.127. The maximum atomic E-state index is 13.1. The summed E-state index contributed by atoms with van der Waals surface area (Å²) in [5.74, 6) is -4.20. The average molecular weight is 342 g/mol. The number of carbonyl (C=O) groups excluding carboxylic acids is 1. The first-order valence-corrected chi connectivity index (χ1v) is 7.29. The number of hydrogen-bond acceptors (Lipinski definition) is 2. The van der Waals surface area contributed by atoms with E-state index in [0.717, 1.165) is 4.47 Å². The molecule has 0 aromatic heterocycles. The number of Topliss-reactive ketones (excluding diaryl/α,β-unsaturated/α-hetero) is 1. The summed E-state index contributed by atoms with van der Waals surface area (Å²) < 4.78 is 27.0. The van der Waals surface area contributed by atoms with Gasteiger partial charge in [0.25, 0.3) is 0 Å². The molecular weight excluding hydrogens is 328 g/mol. The Labute approximate surface area is 124 Å². The van der Waals surface area contributed by atoms with E-state index in [2.05, 4.69) is 15.9 Å². The second-order valence-corrected chi connectivity index (χ2v) is 6.07. The van der Waals surface area contributed by atoms with Crippen LogP contribution in [0.25, 0.3) is 0 Å². The molecule has 0 bridgehead atoms. The maximum absolute atomic E-state index is 13.1. The van der Waals surface area contributed by atoms with Gasteiger partial charge in [0.15, 0.2) is 5.78 Å². The van der Waals surface area contributed by atoms with Crippen LogP contribution in [0.3, 0.4) is 0 Å². The predicted molar refractivity (Wildman–Crippen MR) is 74.4 cm³/mol. The molecule has 1 atom stereocenters. The highest BCUT2D eigenvalue weighted by molar-refractivity contribution is 9.10. The van der Waals surface area contributed by atoms with Crippen molar-refractivity contribution in [2.24, 2.45) is 5.92 Å². The first-order chi connectivity index (χ1) is 9.43. The number of halogens is 3. The molecule has 1 unspecified atom stereocenters. The minimum atomic E-state index is -2.66. The van der Waals surface area contributed by atoms with Crippen LogP contribution in [0.4, 0.5) is 8.78 Å². The molecule has 1 aliphatic rings. The van der Waals surface area contributed by atoms with Gasteiger partial charge in [-0.3, -0.25) is 4.79 Å². The Balaban J connectivity index is 2.13. The summed E-state index contributed by atoms with van der Waals surface area (Å²) in [6, 6.07) is 9.01. The highest BCUT2D eigenvalue weighted by Crippen LogP contribution is 2.38. The van der Waals surface area contributed by atoms with Crippen molar-refractivity contribution in [3.05, 3.63) is 34.3 Å². The minimum Gasteiger partial charge on any atom is -0.298 e. The van der Waals surface area contributed by atoms with Gasteiger partial charge in [0.1, 0.15) is 5.92 Å². The van der Waals surface area contributed by atoms with E-state index in [4.69, 9.17) is 0 Å². The quantitative estimate of drug-likeness (QED) is 0.814. The van der Waals surface area contributed by atoms with Crippen molar-refractivity contribution in [2.75, 3.05) is 0 Å². The van der Waals surface area contributed by atoms with E-state index in [-0.39, 0.29) is 31.5 Å². The SMILES string of the molecule is N#CC(C(=O)C1CCC(F)(F)CC1)c1cccc(Br)c1. The lowest BCUT2D eigenvalue weighted by Gasteiger charge is -2.28. The molecule has 1 aromatic rings. The van der Waals surface area contributed by atoms with E-state index in [1.54, 1.807) is 18.2 Å². The monoisotopic (exact) mass is 341 g/mol. The molecule has 2 nitrogen and oxygen atoms in total. The van der Waals surface area contributed by atoms with Crippen molar-refractivity contribution >= 4 is 21.7 Å². The molecular formula is C15H14BrF2NO. The van der Waals surface area contributed by atoms with Crippen molar-refractivity contribution in [3.8, 4) is 6.07 Å². The molecule has 1 aromatic carbocycles. The Hall–Kier alpha value is -1.28. The summed E-state index contributed by atoms with van der Waals surface area (Å²) in [5.41, 5.74) is 0.615. The molecule has 0 heterocycles. The summed E-state index contributed by atoms with van der Waals surface area (Å²) in [7, 11) is 0. The van der Waals surface area contributed by atoms with Gasteiger partial charge >= 0.3 is 0 Å². The molecule has 0 spiro atoms.